The average Bonchev–Trinajstić information content (AvgIpc) is 2.68. The van der Waals surface area contributed by atoms with E-state index in [1.807, 2.05) is 6.92 Å². The molecule has 0 aliphatic rings. The van der Waals surface area contributed by atoms with Gasteiger partial charge in [0.1, 0.15) is 11.5 Å². The second-order valence-electron chi connectivity index (χ2n) is 6.65. The van der Waals surface area contributed by atoms with Gasteiger partial charge in [-0.3, -0.25) is 4.79 Å². The van der Waals surface area contributed by atoms with Crippen LogP contribution in [-0.4, -0.2) is 14.3 Å². The highest BCUT2D eigenvalue weighted by Crippen LogP contribution is 2.35. The fourth-order valence-electron chi connectivity index (χ4n) is 2.65. The van der Waals surface area contributed by atoms with Crippen molar-refractivity contribution in [3.63, 3.8) is 0 Å². The number of aryl methyl sites for hydroxylation is 1. The van der Waals surface area contributed by atoms with Crippen LogP contribution in [0.3, 0.4) is 0 Å². The van der Waals surface area contributed by atoms with Gasteiger partial charge in [0.15, 0.2) is 0 Å². The number of rotatable bonds is 5. The Morgan fingerprint density at radius 1 is 1.00 bits per heavy atom. The number of primary sulfonamides is 1. The quantitative estimate of drug-likeness (QED) is 0.588. The lowest BCUT2D eigenvalue weighted by Crippen LogP contribution is -2.16. The van der Waals surface area contributed by atoms with Crippen molar-refractivity contribution in [3.05, 3.63) is 83.4 Å². The first-order valence-electron chi connectivity index (χ1n) is 8.83. The molecule has 31 heavy (non-hydrogen) atoms. The van der Waals surface area contributed by atoms with Crippen molar-refractivity contribution in [2.24, 2.45) is 5.14 Å². The van der Waals surface area contributed by atoms with Crippen LogP contribution in [0, 0.1) is 6.92 Å². The fourth-order valence-corrected chi connectivity index (χ4v) is 3.21. The highest BCUT2D eigenvalue weighted by atomic mass is 32.2. The van der Waals surface area contributed by atoms with E-state index < -0.39 is 27.7 Å². The van der Waals surface area contributed by atoms with E-state index in [4.69, 9.17) is 9.88 Å². The number of carbonyl (C=O) groups excluding carboxylic acids is 1. The van der Waals surface area contributed by atoms with Crippen LogP contribution >= 0.6 is 0 Å². The Morgan fingerprint density at radius 3 is 2.29 bits per heavy atom. The zero-order valence-corrected chi connectivity index (χ0v) is 16.9. The Hall–Kier alpha value is -3.37. The number of alkyl halides is 3. The molecule has 3 rings (SSSR count). The third kappa shape index (κ3) is 5.62. The van der Waals surface area contributed by atoms with Crippen molar-refractivity contribution in [1.29, 1.82) is 0 Å². The summed E-state index contributed by atoms with van der Waals surface area (Å²) in [5.41, 5.74) is -0.140. The van der Waals surface area contributed by atoms with Gasteiger partial charge >= 0.3 is 6.18 Å². The van der Waals surface area contributed by atoms with E-state index in [1.165, 1.54) is 18.2 Å². The minimum Gasteiger partial charge on any atom is -0.457 e. The van der Waals surface area contributed by atoms with Crippen LogP contribution in [0.5, 0.6) is 11.5 Å². The third-order valence-electron chi connectivity index (χ3n) is 4.22. The Bertz CT molecular complexity index is 1220. The van der Waals surface area contributed by atoms with Gasteiger partial charge in [-0.15, -0.1) is 0 Å². The van der Waals surface area contributed by atoms with Crippen LogP contribution in [0.1, 0.15) is 21.5 Å². The van der Waals surface area contributed by atoms with E-state index in [0.717, 1.165) is 29.8 Å². The molecule has 0 aromatic heterocycles. The first-order valence-corrected chi connectivity index (χ1v) is 10.4. The summed E-state index contributed by atoms with van der Waals surface area (Å²) in [6.07, 6.45) is -4.63. The molecule has 3 N–H and O–H groups in total. The standard InChI is InChI=1S/C21H17F3N2O4S/c1-13-5-8-16(9-6-13)30-19-11-14(21(22,23)24)7-10-18(19)20(27)26-15-3-2-4-17(12-15)31(25,28)29/h2-12H,1H3,(H,26,27)(H2,25,28,29). The lowest BCUT2D eigenvalue weighted by atomic mass is 10.1. The molecule has 0 radical (unpaired) electrons. The van der Waals surface area contributed by atoms with Gasteiger partial charge in [0, 0.05) is 5.69 Å². The number of halogens is 3. The molecule has 3 aromatic rings. The summed E-state index contributed by atoms with van der Waals surface area (Å²) in [4.78, 5) is 12.5. The van der Waals surface area contributed by atoms with E-state index >= 15 is 0 Å². The number of nitrogens with two attached hydrogens (primary N) is 1. The summed E-state index contributed by atoms with van der Waals surface area (Å²) < 4.78 is 68.1. The number of amides is 1. The molecule has 0 saturated heterocycles. The van der Waals surface area contributed by atoms with Gasteiger partial charge in [-0.2, -0.15) is 13.2 Å². The summed E-state index contributed by atoms with van der Waals surface area (Å²) in [5, 5.41) is 7.52. The first kappa shape index (κ1) is 22.3. The largest absolute Gasteiger partial charge is 0.457 e. The highest BCUT2D eigenvalue weighted by molar-refractivity contribution is 7.89. The number of carbonyl (C=O) groups is 1. The van der Waals surface area contributed by atoms with Crippen molar-refractivity contribution in [2.75, 3.05) is 5.32 Å². The topological polar surface area (TPSA) is 98.5 Å². The van der Waals surface area contributed by atoms with Gasteiger partial charge in [0.05, 0.1) is 16.0 Å². The number of hydrogen-bond acceptors (Lipinski definition) is 4. The number of benzene rings is 3. The molecule has 0 atom stereocenters. The molecule has 1 amide bonds. The zero-order chi connectivity index (χ0) is 22.8. The van der Waals surface area contributed by atoms with E-state index in [9.17, 15) is 26.4 Å². The molecule has 6 nitrogen and oxygen atoms in total. The zero-order valence-electron chi connectivity index (χ0n) is 16.1. The Kier molecular flexibility index (Phi) is 6.05. The summed E-state index contributed by atoms with van der Waals surface area (Å²) in [6.45, 7) is 1.84. The molecular weight excluding hydrogens is 433 g/mol. The number of hydrogen-bond donors (Lipinski definition) is 2. The Balaban J connectivity index is 1.97. The van der Waals surface area contributed by atoms with E-state index in [-0.39, 0.29) is 27.6 Å². The predicted octanol–water partition coefficient (Wildman–Crippen LogP) is 4.71. The molecule has 3 aromatic carbocycles. The van der Waals surface area contributed by atoms with Crippen molar-refractivity contribution in [3.8, 4) is 11.5 Å². The Morgan fingerprint density at radius 2 is 1.68 bits per heavy atom. The highest BCUT2D eigenvalue weighted by Gasteiger charge is 2.32. The number of sulfonamides is 1. The van der Waals surface area contributed by atoms with Crippen LogP contribution in [0.25, 0.3) is 0 Å². The van der Waals surface area contributed by atoms with Crippen molar-refractivity contribution < 1.29 is 31.1 Å². The smallest absolute Gasteiger partial charge is 0.416 e. The minimum absolute atomic E-state index is 0.0951. The van der Waals surface area contributed by atoms with Gasteiger partial charge in [-0.05, 0) is 55.5 Å². The molecule has 0 saturated carbocycles. The SMILES string of the molecule is Cc1ccc(Oc2cc(C(F)(F)F)ccc2C(=O)Nc2cccc(S(N)(=O)=O)c2)cc1. The van der Waals surface area contributed by atoms with Crippen LogP contribution in [0.4, 0.5) is 18.9 Å². The van der Waals surface area contributed by atoms with Gasteiger partial charge < -0.3 is 10.1 Å². The van der Waals surface area contributed by atoms with Crippen molar-refractivity contribution in [2.45, 2.75) is 18.0 Å². The molecular formula is C21H17F3N2O4S. The lowest BCUT2D eigenvalue weighted by molar-refractivity contribution is -0.137. The van der Waals surface area contributed by atoms with Gasteiger partial charge in [0.2, 0.25) is 10.0 Å². The molecule has 0 unspecified atom stereocenters. The number of anilines is 1. The first-order chi connectivity index (χ1) is 14.4. The third-order valence-corrected chi connectivity index (χ3v) is 5.13. The molecule has 0 aliphatic carbocycles. The monoisotopic (exact) mass is 450 g/mol. The summed E-state index contributed by atoms with van der Waals surface area (Å²) in [7, 11) is -4.00. The second-order valence-corrected chi connectivity index (χ2v) is 8.21. The number of nitrogens with one attached hydrogen (secondary N) is 1. The van der Waals surface area contributed by atoms with E-state index in [0.29, 0.717) is 0 Å². The van der Waals surface area contributed by atoms with Gasteiger partial charge in [0.25, 0.3) is 5.91 Å². The van der Waals surface area contributed by atoms with Crippen LogP contribution in [0.2, 0.25) is 0 Å². The number of ether oxygens (including phenoxy) is 1. The predicted molar refractivity (Wildman–Crippen MR) is 108 cm³/mol. The van der Waals surface area contributed by atoms with Crippen LogP contribution in [-0.2, 0) is 16.2 Å². The maximum absolute atomic E-state index is 13.2. The Labute approximate surface area is 176 Å². The molecule has 0 bridgehead atoms. The molecule has 0 heterocycles. The fraction of sp³-hybridized carbons (Fsp3) is 0.0952. The minimum atomic E-state index is -4.63. The van der Waals surface area contributed by atoms with Crippen molar-refractivity contribution >= 4 is 21.6 Å². The molecule has 0 fully saturated rings. The summed E-state index contributed by atoms with van der Waals surface area (Å²) in [6, 6.07) is 14.2. The van der Waals surface area contributed by atoms with E-state index in [2.05, 4.69) is 5.32 Å². The summed E-state index contributed by atoms with van der Waals surface area (Å²) >= 11 is 0. The molecule has 0 aliphatic heterocycles. The van der Waals surface area contributed by atoms with Crippen LogP contribution < -0.4 is 15.2 Å². The van der Waals surface area contributed by atoms with Gasteiger partial charge in [-0.25, -0.2) is 13.6 Å². The van der Waals surface area contributed by atoms with E-state index in [1.54, 1.807) is 24.3 Å². The molecule has 0 spiro atoms. The molecule has 162 valence electrons. The molecule has 10 heteroatoms. The van der Waals surface area contributed by atoms with Crippen LogP contribution in [0.15, 0.2) is 71.6 Å². The maximum atomic E-state index is 13.2. The second kappa shape index (κ2) is 8.40. The average molecular weight is 450 g/mol. The van der Waals surface area contributed by atoms with Crippen molar-refractivity contribution in [1.82, 2.24) is 0 Å². The lowest BCUT2D eigenvalue weighted by Gasteiger charge is -2.15. The normalized spacial score (nSPS) is 11.8. The summed E-state index contributed by atoms with van der Waals surface area (Å²) in [5.74, 6) is -0.851. The maximum Gasteiger partial charge on any atom is 0.416 e. The van der Waals surface area contributed by atoms with Gasteiger partial charge in [-0.1, -0.05) is 23.8 Å².